The molecule has 2 saturated heterocycles. The van der Waals surface area contributed by atoms with Crippen LogP contribution in [0.2, 0.25) is 0 Å². The highest BCUT2D eigenvalue weighted by atomic mass is 32.2. The number of rotatable bonds is 9. The van der Waals surface area contributed by atoms with Gasteiger partial charge in [0.2, 0.25) is 10.0 Å². The number of Topliss-reactive ketones (excluding diaryl/α,β-unsaturated/α-hetero) is 1. The zero-order chi connectivity index (χ0) is 35.9. The Labute approximate surface area is 291 Å². The fourth-order valence-corrected chi connectivity index (χ4v) is 9.35. The zero-order valence-corrected chi connectivity index (χ0v) is 29.4. The minimum Gasteiger partial charge on any atom is -0.494 e. The second kappa shape index (κ2) is 11.8. The first kappa shape index (κ1) is 34.4. The van der Waals surface area contributed by atoms with Gasteiger partial charge in [0.05, 0.1) is 31.1 Å². The lowest BCUT2D eigenvalue weighted by molar-refractivity contribution is -0.421. The Bertz CT molecular complexity index is 1940. The lowest BCUT2D eigenvalue weighted by Gasteiger charge is -2.59. The monoisotopic (exact) mass is 707 g/mol. The van der Waals surface area contributed by atoms with Crippen molar-refractivity contribution in [3.05, 3.63) is 89.5 Å². The van der Waals surface area contributed by atoms with Crippen molar-refractivity contribution in [2.24, 2.45) is 17.8 Å². The van der Waals surface area contributed by atoms with Gasteiger partial charge in [-0.1, -0.05) is 56.0 Å². The Morgan fingerprint density at radius 2 is 1.88 bits per heavy atom. The molecule has 266 valence electrons. The van der Waals surface area contributed by atoms with Gasteiger partial charge in [-0.05, 0) is 60.6 Å². The Balaban J connectivity index is 1.22. The molecule has 0 unspecified atom stereocenters. The summed E-state index contributed by atoms with van der Waals surface area (Å²) < 4.78 is 62.8. The predicted octanol–water partition coefficient (Wildman–Crippen LogP) is 4.84. The molecule has 2 aromatic rings. The maximum Gasteiger partial charge on any atom is 0.514 e. The van der Waals surface area contributed by atoms with Crippen molar-refractivity contribution in [1.29, 1.82) is 0 Å². The molecule has 0 radical (unpaired) electrons. The maximum atomic E-state index is 13.8. The average Bonchev–Trinajstić information content (AvgIpc) is 3.35. The van der Waals surface area contributed by atoms with Crippen LogP contribution in [0.5, 0.6) is 11.5 Å². The third-order valence-corrected chi connectivity index (χ3v) is 11.4. The van der Waals surface area contributed by atoms with Crippen LogP contribution in [-0.2, 0) is 40.2 Å². The molecule has 0 spiro atoms. The van der Waals surface area contributed by atoms with Gasteiger partial charge < -0.3 is 33.5 Å². The molecule has 3 bridgehead atoms. The number of fused-ring (bicyclic) bond motifs is 2. The van der Waals surface area contributed by atoms with E-state index in [0.717, 1.165) is 17.4 Å². The van der Waals surface area contributed by atoms with Crippen LogP contribution in [0.25, 0.3) is 0 Å². The molecule has 2 heterocycles. The molecule has 50 heavy (non-hydrogen) atoms. The molecule has 8 atom stereocenters. The number of carbonyl (C=O) groups excluding carboxylic acids is 2. The van der Waals surface area contributed by atoms with E-state index in [2.05, 4.69) is 18.2 Å². The Morgan fingerprint density at radius 1 is 1.14 bits per heavy atom. The minimum atomic E-state index is -3.58. The Hall–Kier alpha value is -4.01. The number of anilines is 1. The average molecular weight is 708 g/mol. The summed E-state index contributed by atoms with van der Waals surface area (Å²) >= 11 is 0. The largest absolute Gasteiger partial charge is 0.514 e. The van der Waals surface area contributed by atoms with Crippen molar-refractivity contribution in [1.82, 2.24) is 0 Å². The van der Waals surface area contributed by atoms with Crippen LogP contribution in [0, 0.1) is 17.8 Å². The summed E-state index contributed by atoms with van der Waals surface area (Å²) in [5.74, 6) is -3.21. The van der Waals surface area contributed by atoms with Gasteiger partial charge in [-0.25, -0.2) is 13.2 Å². The lowest BCUT2D eigenvalue weighted by atomic mass is 9.55. The standard InChI is InChI=1S/C37H41NO11S/c1-21(2)35-17-23(4)37-27(32(35)47-36(48-35,49-37)19-24-10-8-7-9-11-24)15-25(18-34(41)30(37)14-22(3)31(34)39)20-45-33(40)46-26-12-13-28(29(16-26)44-5)38-50(6,42)43/h7-16,23,27,30,32,38,41H,1,17-20H2,2-6H3/t23-,27+,30-,32-,34-,35-,36-,37-/m1/s1. The number of ketones is 1. The number of methoxy groups -OCH3 is 1. The van der Waals surface area contributed by atoms with E-state index < -0.39 is 62.7 Å². The van der Waals surface area contributed by atoms with Crippen LogP contribution >= 0.6 is 0 Å². The summed E-state index contributed by atoms with van der Waals surface area (Å²) in [6, 6.07) is 13.9. The van der Waals surface area contributed by atoms with Gasteiger partial charge in [-0.2, -0.15) is 0 Å². The van der Waals surface area contributed by atoms with E-state index in [1.54, 1.807) is 6.92 Å². The van der Waals surface area contributed by atoms with Crippen molar-refractivity contribution in [3.8, 4) is 11.5 Å². The number of ether oxygens (including phenoxy) is 6. The first-order chi connectivity index (χ1) is 23.5. The summed E-state index contributed by atoms with van der Waals surface area (Å²) in [5, 5.41) is 12.4. The van der Waals surface area contributed by atoms with E-state index in [9.17, 15) is 23.1 Å². The van der Waals surface area contributed by atoms with Gasteiger partial charge in [-0.15, -0.1) is 0 Å². The molecule has 12 nitrogen and oxygen atoms in total. The quantitative estimate of drug-likeness (QED) is 0.209. The molecule has 0 aromatic heterocycles. The molecule has 2 N–H and O–H groups in total. The van der Waals surface area contributed by atoms with Crippen LogP contribution in [-0.4, -0.2) is 74.3 Å². The highest BCUT2D eigenvalue weighted by Crippen LogP contribution is 2.68. The highest BCUT2D eigenvalue weighted by molar-refractivity contribution is 7.92. The van der Waals surface area contributed by atoms with E-state index in [1.165, 1.54) is 25.3 Å². The number of hydrogen-bond donors (Lipinski definition) is 2. The number of nitrogens with one attached hydrogen (secondary N) is 1. The van der Waals surface area contributed by atoms with E-state index in [1.807, 2.05) is 49.4 Å². The topological polar surface area (TPSA) is 156 Å². The summed E-state index contributed by atoms with van der Waals surface area (Å²) in [6.45, 7) is 9.69. The summed E-state index contributed by atoms with van der Waals surface area (Å²) in [7, 11) is -2.23. The summed E-state index contributed by atoms with van der Waals surface area (Å²) in [6.07, 6.45) is 3.78. The maximum absolute atomic E-state index is 13.8. The number of sulfonamides is 1. The SMILES string of the molecule is C=C(C)[C@]12C[C@@H](C)[C@@]34O[C@](Cc5ccccc5)(O[C@@H]1[C@@H]3C=C(COC(=O)Oc1ccc(NS(C)(=O)=O)c(OC)c1)C[C@]1(O)C(=O)C(C)=C[C@@H]41)O2. The number of aliphatic hydroxyl groups is 1. The molecule has 2 aliphatic heterocycles. The van der Waals surface area contributed by atoms with Gasteiger partial charge in [0, 0.05) is 24.3 Å². The molecule has 2 aromatic carbocycles. The van der Waals surface area contributed by atoms with Crippen molar-refractivity contribution in [3.63, 3.8) is 0 Å². The molecule has 3 fully saturated rings. The fourth-order valence-electron chi connectivity index (χ4n) is 8.79. The first-order valence-corrected chi connectivity index (χ1v) is 18.4. The van der Waals surface area contributed by atoms with E-state index in [4.69, 9.17) is 28.4 Å². The van der Waals surface area contributed by atoms with Gasteiger partial charge in [0.25, 0.3) is 5.97 Å². The predicted molar refractivity (Wildman–Crippen MR) is 181 cm³/mol. The molecule has 5 aliphatic rings. The third kappa shape index (κ3) is 5.37. The molecule has 7 rings (SSSR count). The molecular weight excluding hydrogens is 666 g/mol. The van der Waals surface area contributed by atoms with Gasteiger partial charge >= 0.3 is 6.16 Å². The normalized spacial score (nSPS) is 35.3. The first-order valence-electron chi connectivity index (χ1n) is 16.5. The molecular formula is C37H41NO11S. The highest BCUT2D eigenvalue weighted by Gasteiger charge is 2.79. The van der Waals surface area contributed by atoms with E-state index in [-0.39, 0.29) is 42.6 Å². The number of benzene rings is 2. The smallest absolute Gasteiger partial charge is 0.494 e. The van der Waals surface area contributed by atoms with Gasteiger partial charge in [-0.3, -0.25) is 9.52 Å². The minimum absolute atomic E-state index is 0.0469. The number of hydrogen-bond acceptors (Lipinski definition) is 11. The van der Waals surface area contributed by atoms with Gasteiger partial charge in [0.15, 0.2) is 5.78 Å². The van der Waals surface area contributed by atoms with Crippen molar-refractivity contribution >= 4 is 27.6 Å². The van der Waals surface area contributed by atoms with Crippen molar-refractivity contribution in [2.75, 3.05) is 24.7 Å². The lowest BCUT2D eigenvalue weighted by Crippen LogP contribution is -2.70. The van der Waals surface area contributed by atoms with Gasteiger partial charge in [0.1, 0.15) is 35.4 Å². The zero-order valence-electron chi connectivity index (χ0n) is 28.6. The second-order valence-electron chi connectivity index (χ2n) is 14.2. The van der Waals surface area contributed by atoms with Crippen LogP contribution in [0.1, 0.15) is 39.2 Å². The van der Waals surface area contributed by atoms with Crippen molar-refractivity contribution < 1.29 is 51.5 Å². The molecule has 0 amide bonds. The van der Waals surface area contributed by atoms with Crippen LogP contribution in [0.3, 0.4) is 0 Å². The van der Waals surface area contributed by atoms with Crippen LogP contribution in [0.15, 0.2) is 84.0 Å². The van der Waals surface area contributed by atoms with E-state index >= 15 is 0 Å². The van der Waals surface area contributed by atoms with E-state index in [0.29, 0.717) is 17.6 Å². The molecule has 1 saturated carbocycles. The van der Waals surface area contributed by atoms with Crippen LogP contribution in [0.4, 0.5) is 10.5 Å². The third-order valence-electron chi connectivity index (χ3n) is 10.8. The van der Waals surface area contributed by atoms with Crippen molar-refractivity contribution in [2.45, 2.75) is 68.9 Å². The summed E-state index contributed by atoms with van der Waals surface area (Å²) in [5.41, 5.74) is -1.11. The Morgan fingerprint density at radius 3 is 2.56 bits per heavy atom. The van der Waals surface area contributed by atoms with Crippen LogP contribution < -0.4 is 14.2 Å². The molecule has 3 aliphatic carbocycles. The Kier molecular flexibility index (Phi) is 8.11. The second-order valence-corrected chi connectivity index (χ2v) is 16.0. The fraction of sp³-hybridized carbons (Fsp3) is 0.459. The number of carbonyl (C=O) groups is 2. The summed E-state index contributed by atoms with van der Waals surface area (Å²) in [4.78, 5) is 26.8. The molecule has 13 heteroatoms.